The zero-order chi connectivity index (χ0) is 7.71. The lowest BCUT2D eigenvalue weighted by atomic mass is 11.5. The Morgan fingerprint density at radius 1 is 0.667 bits per heavy atom. The van der Waals surface area contributed by atoms with Crippen molar-refractivity contribution in [3.63, 3.8) is 0 Å². The van der Waals surface area contributed by atoms with Crippen molar-refractivity contribution >= 4 is 8.58 Å². The van der Waals surface area contributed by atoms with Gasteiger partial charge in [0, 0.05) is 0 Å². The summed E-state index contributed by atoms with van der Waals surface area (Å²) >= 11 is 0. The summed E-state index contributed by atoms with van der Waals surface area (Å²) in [6.07, 6.45) is 0. The first kappa shape index (κ1) is 9.01. The van der Waals surface area contributed by atoms with Gasteiger partial charge in [-0.1, -0.05) is 0 Å². The van der Waals surface area contributed by atoms with Gasteiger partial charge < -0.3 is 0 Å². The third-order valence-corrected chi connectivity index (χ3v) is 0.761. The predicted molar refractivity (Wildman–Crippen MR) is 19.0 cm³/mol. The summed E-state index contributed by atoms with van der Waals surface area (Å²) in [5.74, 6) is -10.3. The van der Waals surface area contributed by atoms with E-state index in [-0.39, 0.29) is 0 Å². The van der Waals surface area contributed by atoms with Crippen LogP contribution in [-0.4, -0.2) is 11.8 Å². The fourth-order valence-electron chi connectivity index (χ4n) is 0.144. The molecule has 0 aliphatic rings. The Morgan fingerprint density at radius 2 is 0.889 bits per heavy atom. The fourth-order valence-corrected chi connectivity index (χ4v) is 0.431. The van der Waals surface area contributed by atoms with Crippen LogP contribution in [-0.2, 0) is 0 Å². The molecule has 0 heterocycles. The van der Waals surface area contributed by atoms with Gasteiger partial charge in [0.25, 0.3) is 0 Å². The van der Waals surface area contributed by atoms with E-state index >= 15 is 0 Å². The van der Waals surface area contributed by atoms with Gasteiger partial charge >= 0.3 is 11.8 Å². The molecule has 0 aromatic carbocycles. The van der Waals surface area contributed by atoms with Crippen molar-refractivity contribution < 1.29 is 26.3 Å². The first-order valence-electron chi connectivity index (χ1n) is 1.58. The minimum absolute atomic E-state index is 2.47. The second kappa shape index (κ2) is 2.33. The van der Waals surface area contributed by atoms with E-state index < -0.39 is 20.4 Å². The standard InChI is InChI=1S/C2F6P/c3-1(4,5)9-2(6,7)8. The smallest absolute Gasteiger partial charge is 0.166 e. The number of hydrogen-bond acceptors (Lipinski definition) is 0. The van der Waals surface area contributed by atoms with Crippen LogP contribution in [0.1, 0.15) is 0 Å². The molecule has 7 heteroatoms. The fraction of sp³-hybridized carbons (Fsp3) is 1.00. The first-order valence-corrected chi connectivity index (χ1v) is 2.48. The van der Waals surface area contributed by atoms with E-state index in [4.69, 9.17) is 0 Å². The molecule has 0 atom stereocenters. The second-order valence-corrected chi connectivity index (χ2v) is 2.29. The Balaban J connectivity index is 3.75. The lowest BCUT2D eigenvalue weighted by Crippen LogP contribution is -2.08. The molecular formula is C2F6P. The molecular weight excluding hydrogens is 169 g/mol. The molecule has 9 heavy (non-hydrogen) atoms. The highest BCUT2D eigenvalue weighted by Gasteiger charge is 2.45. The lowest BCUT2D eigenvalue weighted by Gasteiger charge is -2.06. The highest BCUT2D eigenvalue weighted by molar-refractivity contribution is 7.40. The van der Waals surface area contributed by atoms with Gasteiger partial charge in [-0.15, -0.1) is 0 Å². The van der Waals surface area contributed by atoms with Crippen LogP contribution in [0.4, 0.5) is 26.3 Å². The monoisotopic (exact) mass is 169 g/mol. The Kier molecular flexibility index (Phi) is 2.33. The summed E-state index contributed by atoms with van der Waals surface area (Å²) in [6.45, 7) is 0. The van der Waals surface area contributed by atoms with Gasteiger partial charge in [-0.05, 0) is 0 Å². The van der Waals surface area contributed by atoms with Crippen LogP contribution < -0.4 is 0 Å². The van der Waals surface area contributed by atoms with Crippen LogP contribution in [0.25, 0.3) is 0 Å². The molecule has 0 aliphatic carbocycles. The topological polar surface area (TPSA) is 0 Å². The molecule has 0 spiro atoms. The van der Waals surface area contributed by atoms with E-state index in [1.54, 1.807) is 0 Å². The Bertz CT molecular complexity index is 76.2. The summed E-state index contributed by atoms with van der Waals surface area (Å²) in [5.41, 5.74) is 0. The van der Waals surface area contributed by atoms with Crippen molar-refractivity contribution in [2.75, 3.05) is 0 Å². The Hall–Kier alpha value is 0.01000. The largest absolute Gasteiger partial charge is 0.418 e. The molecule has 1 radical (unpaired) electrons. The van der Waals surface area contributed by atoms with E-state index in [9.17, 15) is 26.3 Å². The number of rotatable bonds is 0. The van der Waals surface area contributed by atoms with Crippen LogP contribution >= 0.6 is 8.58 Å². The van der Waals surface area contributed by atoms with Crippen molar-refractivity contribution in [2.24, 2.45) is 0 Å². The van der Waals surface area contributed by atoms with Crippen molar-refractivity contribution in [3.05, 3.63) is 0 Å². The van der Waals surface area contributed by atoms with Crippen LogP contribution in [0.15, 0.2) is 0 Å². The van der Waals surface area contributed by atoms with Crippen molar-refractivity contribution in [1.29, 1.82) is 0 Å². The Morgan fingerprint density at radius 3 is 0.889 bits per heavy atom. The average Bonchev–Trinajstić information content (AvgIpc) is 1.14. The molecule has 0 N–H and O–H groups in total. The number of halogens is 6. The van der Waals surface area contributed by atoms with Crippen molar-refractivity contribution in [2.45, 2.75) is 11.8 Å². The molecule has 0 bridgehead atoms. The van der Waals surface area contributed by atoms with Gasteiger partial charge in [-0.2, -0.15) is 26.3 Å². The zero-order valence-corrected chi connectivity index (χ0v) is 4.61. The van der Waals surface area contributed by atoms with Gasteiger partial charge in [0.2, 0.25) is 0 Å². The van der Waals surface area contributed by atoms with Crippen molar-refractivity contribution in [1.82, 2.24) is 0 Å². The second-order valence-electron chi connectivity index (χ2n) is 1.05. The van der Waals surface area contributed by atoms with Crippen LogP contribution in [0.5, 0.6) is 0 Å². The molecule has 0 saturated carbocycles. The number of hydrogen-bond donors (Lipinski definition) is 0. The van der Waals surface area contributed by atoms with Crippen LogP contribution in [0.3, 0.4) is 0 Å². The Labute approximate surface area is 48.0 Å². The molecule has 55 valence electrons. The maximum Gasteiger partial charge on any atom is 0.418 e. The summed E-state index contributed by atoms with van der Waals surface area (Å²) in [5, 5.41) is 0. The normalized spacial score (nSPS) is 14.0. The third-order valence-electron chi connectivity index (χ3n) is 0.254. The molecule has 0 unspecified atom stereocenters. The molecule has 0 aliphatic heterocycles. The van der Waals surface area contributed by atoms with Crippen LogP contribution in [0, 0.1) is 0 Å². The highest BCUT2D eigenvalue weighted by atomic mass is 31.1. The van der Waals surface area contributed by atoms with Gasteiger partial charge in [0.1, 0.15) is 0 Å². The quantitative estimate of drug-likeness (QED) is 0.386. The van der Waals surface area contributed by atoms with Gasteiger partial charge in [0.05, 0.1) is 0 Å². The average molecular weight is 169 g/mol. The van der Waals surface area contributed by atoms with E-state index in [1.165, 1.54) is 0 Å². The zero-order valence-electron chi connectivity index (χ0n) is 3.72. The molecule has 0 aromatic rings. The SMILES string of the molecule is FC(F)(F)[P]C(F)(F)F. The number of alkyl halides is 6. The first-order chi connectivity index (χ1) is 3.71. The van der Waals surface area contributed by atoms with Gasteiger partial charge in [0.15, 0.2) is 8.58 Å². The predicted octanol–water partition coefficient (Wildman–Crippen LogP) is 2.97. The lowest BCUT2D eigenvalue weighted by molar-refractivity contribution is -0.0775. The van der Waals surface area contributed by atoms with Gasteiger partial charge in [-0.25, -0.2) is 0 Å². The van der Waals surface area contributed by atoms with Gasteiger partial charge in [-0.3, -0.25) is 0 Å². The highest BCUT2D eigenvalue weighted by Crippen LogP contribution is 2.49. The van der Waals surface area contributed by atoms with E-state index in [0.29, 0.717) is 0 Å². The maximum atomic E-state index is 10.8. The summed E-state index contributed by atoms with van der Waals surface area (Å²) in [7, 11) is -2.47. The molecule has 0 saturated heterocycles. The van der Waals surface area contributed by atoms with E-state index in [2.05, 4.69) is 0 Å². The molecule has 0 fully saturated rings. The third kappa shape index (κ3) is 8.01. The van der Waals surface area contributed by atoms with E-state index in [1.807, 2.05) is 0 Å². The molecule has 0 aromatic heterocycles. The molecule has 0 rings (SSSR count). The molecule has 0 amide bonds. The van der Waals surface area contributed by atoms with E-state index in [0.717, 1.165) is 0 Å². The summed E-state index contributed by atoms with van der Waals surface area (Å²) in [6, 6.07) is 0. The minimum Gasteiger partial charge on any atom is -0.166 e. The van der Waals surface area contributed by atoms with Crippen molar-refractivity contribution in [3.8, 4) is 0 Å². The minimum atomic E-state index is -5.17. The van der Waals surface area contributed by atoms with Crippen LogP contribution in [0.2, 0.25) is 0 Å². The maximum absolute atomic E-state index is 10.8. The molecule has 0 nitrogen and oxygen atoms in total. The summed E-state index contributed by atoms with van der Waals surface area (Å²) in [4.78, 5) is 0. The summed E-state index contributed by atoms with van der Waals surface area (Å²) < 4.78 is 64.9.